The Kier molecular flexibility index (Phi) is 6.49. The Hall–Kier alpha value is -0.610. The van der Waals surface area contributed by atoms with Crippen LogP contribution in [0.1, 0.15) is 33.6 Å². The zero-order valence-electron chi connectivity index (χ0n) is 9.06. The third-order valence-corrected chi connectivity index (χ3v) is 2.23. The summed E-state index contributed by atoms with van der Waals surface area (Å²) in [6.07, 6.45) is -1.11. The maximum atomic E-state index is 11.0. The third kappa shape index (κ3) is 4.58. The first-order valence-corrected chi connectivity index (χ1v) is 5.05. The average molecular weight is 204 g/mol. The minimum absolute atomic E-state index is 0.214. The summed E-state index contributed by atoms with van der Waals surface area (Å²) in [5.74, 6) is -0.461. The van der Waals surface area contributed by atoms with Crippen LogP contribution in [-0.4, -0.2) is 35.0 Å². The van der Waals surface area contributed by atoms with E-state index in [0.29, 0.717) is 6.42 Å². The van der Waals surface area contributed by atoms with Crippen molar-refractivity contribution in [3.05, 3.63) is 0 Å². The van der Waals surface area contributed by atoms with Crippen molar-refractivity contribution < 1.29 is 19.7 Å². The Balaban J connectivity index is 3.97. The van der Waals surface area contributed by atoms with E-state index in [4.69, 9.17) is 0 Å². The topological polar surface area (TPSA) is 66.8 Å². The van der Waals surface area contributed by atoms with Gasteiger partial charge in [0.2, 0.25) is 0 Å². The average Bonchev–Trinajstić information content (AvgIpc) is 2.16. The summed E-state index contributed by atoms with van der Waals surface area (Å²) in [4.78, 5) is 11.0. The van der Waals surface area contributed by atoms with Crippen LogP contribution in [0.3, 0.4) is 0 Å². The molecule has 2 N–H and O–H groups in total. The Bertz CT molecular complexity index is 170. The lowest BCUT2D eigenvalue weighted by molar-refractivity contribution is -0.159. The summed E-state index contributed by atoms with van der Waals surface area (Å²) >= 11 is 0. The normalized spacial score (nSPS) is 17.2. The van der Waals surface area contributed by atoms with Gasteiger partial charge in [0.15, 0.2) is 6.10 Å². The van der Waals surface area contributed by atoms with Crippen molar-refractivity contribution in [1.29, 1.82) is 0 Å². The molecule has 4 nitrogen and oxygen atoms in total. The fraction of sp³-hybridized carbons (Fsp3) is 0.900. The number of carbonyl (C=O) groups is 1. The van der Waals surface area contributed by atoms with Gasteiger partial charge < -0.3 is 14.9 Å². The zero-order chi connectivity index (χ0) is 11.1. The molecule has 0 aromatic heterocycles. The summed E-state index contributed by atoms with van der Waals surface area (Å²) in [6.45, 7) is 5.83. The molecule has 0 radical (unpaired) electrons. The van der Waals surface area contributed by atoms with Gasteiger partial charge in [-0.15, -0.1) is 0 Å². The highest BCUT2D eigenvalue weighted by molar-refractivity contribution is 5.75. The smallest absolute Gasteiger partial charge is 0.337 e. The standard InChI is InChI=1S/C10H20O4/c1-4-7(3)6-8(11)9(12)10(13)14-5-2/h7-9,11-12H,4-6H2,1-3H3/t7-,8-,9+/m0/s1. The van der Waals surface area contributed by atoms with Crippen molar-refractivity contribution in [3.8, 4) is 0 Å². The molecule has 0 heterocycles. The van der Waals surface area contributed by atoms with Gasteiger partial charge in [-0.25, -0.2) is 4.79 Å². The number of rotatable bonds is 6. The summed E-state index contributed by atoms with van der Waals surface area (Å²) in [5.41, 5.74) is 0. The molecule has 0 aliphatic heterocycles. The van der Waals surface area contributed by atoms with Crippen LogP contribution in [0, 0.1) is 5.92 Å². The molecule has 0 unspecified atom stereocenters. The minimum Gasteiger partial charge on any atom is -0.464 e. The molecule has 0 amide bonds. The Morgan fingerprint density at radius 3 is 2.36 bits per heavy atom. The van der Waals surface area contributed by atoms with Gasteiger partial charge in [0.05, 0.1) is 12.7 Å². The van der Waals surface area contributed by atoms with Crippen molar-refractivity contribution in [2.24, 2.45) is 5.92 Å². The largest absolute Gasteiger partial charge is 0.464 e. The first-order valence-electron chi connectivity index (χ1n) is 5.05. The molecule has 0 fully saturated rings. The molecule has 84 valence electrons. The minimum atomic E-state index is -1.41. The molecule has 0 spiro atoms. The lowest BCUT2D eigenvalue weighted by atomic mass is 9.98. The summed E-state index contributed by atoms with van der Waals surface area (Å²) in [6, 6.07) is 0. The van der Waals surface area contributed by atoms with Gasteiger partial charge in [-0.2, -0.15) is 0 Å². The zero-order valence-corrected chi connectivity index (χ0v) is 9.06. The first kappa shape index (κ1) is 13.4. The van der Waals surface area contributed by atoms with E-state index in [-0.39, 0.29) is 12.5 Å². The van der Waals surface area contributed by atoms with Gasteiger partial charge in [-0.05, 0) is 19.3 Å². The fourth-order valence-corrected chi connectivity index (χ4v) is 1.09. The highest BCUT2D eigenvalue weighted by Gasteiger charge is 2.26. The van der Waals surface area contributed by atoms with E-state index in [0.717, 1.165) is 6.42 Å². The van der Waals surface area contributed by atoms with Crippen LogP contribution in [0.15, 0.2) is 0 Å². The molecule has 0 aromatic rings. The van der Waals surface area contributed by atoms with E-state index in [1.54, 1.807) is 6.92 Å². The quantitative estimate of drug-likeness (QED) is 0.625. The summed E-state index contributed by atoms with van der Waals surface area (Å²) in [5, 5.41) is 18.8. The fourth-order valence-electron chi connectivity index (χ4n) is 1.09. The highest BCUT2D eigenvalue weighted by atomic mass is 16.5. The van der Waals surface area contributed by atoms with Gasteiger partial charge >= 0.3 is 5.97 Å². The maximum Gasteiger partial charge on any atom is 0.337 e. The molecule has 3 atom stereocenters. The SMILES string of the molecule is CCOC(=O)[C@H](O)[C@@H](O)C[C@@H](C)CC. The van der Waals surface area contributed by atoms with Crippen LogP contribution >= 0.6 is 0 Å². The maximum absolute atomic E-state index is 11.0. The van der Waals surface area contributed by atoms with Gasteiger partial charge in [-0.3, -0.25) is 0 Å². The molecule has 0 saturated carbocycles. The Morgan fingerprint density at radius 2 is 1.93 bits per heavy atom. The van der Waals surface area contributed by atoms with Crippen LogP contribution in [0.2, 0.25) is 0 Å². The lowest BCUT2D eigenvalue weighted by Gasteiger charge is -2.18. The number of hydrogen-bond acceptors (Lipinski definition) is 4. The molecule has 0 bridgehead atoms. The van der Waals surface area contributed by atoms with E-state index in [9.17, 15) is 15.0 Å². The summed E-state index contributed by atoms with van der Waals surface area (Å²) in [7, 11) is 0. The number of hydrogen-bond donors (Lipinski definition) is 2. The second-order valence-electron chi connectivity index (χ2n) is 3.51. The number of carbonyl (C=O) groups excluding carboxylic acids is 1. The number of ether oxygens (including phenoxy) is 1. The molecule has 4 heteroatoms. The van der Waals surface area contributed by atoms with Gasteiger partial charge in [0, 0.05) is 0 Å². The van der Waals surface area contributed by atoms with Crippen molar-refractivity contribution in [2.75, 3.05) is 6.61 Å². The van der Waals surface area contributed by atoms with E-state index in [1.807, 2.05) is 13.8 Å². The number of aliphatic hydroxyl groups excluding tert-OH is 2. The van der Waals surface area contributed by atoms with E-state index in [2.05, 4.69) is 4.74 Å². The Morgan fingerprint density at radius 1 is 1.36 bits per heavy atom. The molecular weight excluding hydrogens is 184 g/mol. The summed E-state index contributed by atoms with van der Waals surface area (Å²) < 4.78 is 4.59. The molecule has 0 rings (SSSR count). The molecular formula is C10H20O4. The van der Waals surface area contributed by atoms with Crippen molar-refractivity contribution in [1.82, 2.24) is 0 Å². The van der Waals surface area contributed by atoms with Crippen LogP contribution in [0.4, 0.5) is 0 Å². The predicted molar refractivity (Wildman–Crippen MR) is 52.7 cm³/mol. The van der Waals surface area contributed by atoms with E-state index in [1.165, 1.54) is 0 Å². The highest BCUT2D eigenvalue weighted by Crippen LogP contribution is 2.12. The van der Waals surface area contributed by atoms with Gasteiger partial charge in [0.1, 0.15) is 0 Å². The van der Waals surface area contributed by atoms with Crippen LogP contribution in [0.25, 0.3) is 0 Å². The van der Waals surface area contributed by atoms with Crippen molar-refractivity contribution in [3.63, 3.8) is 0 Å². The second-order valence-corrected chi connectivity index (χ2v) is 3.51. The number of esters is 1. The molecule has 0 saturated heterocycles. The van der Waals surface area contributed by atoms with Crippen LogP contribution in [-0.2, 0) is 9.53 Å². The molecule has 0 aliphatic rings. The predicted octanol–water partition coefficient (Wildman–Crippen LogP) is 0.707. The second kappa shape index (κ2) is 6.79. The van der Waals surface area contributed by atoms with E-state index >= 15 is 0 Å². The van der Waals surface area contributed by atoms with Crippen LogP contribution in [0.5, 0.6) is 0 Å². The third-order valence-electron chi connectivity index (χ3n) is 2.23. The molecule has 0 aliphatic carbocycles. The van der Waals surface area contributed by atoms with Gasteiger partial charge in [-0.1, -0.05) is 20.3 Å². The molecule has 0 aromatic carbocycles. The van der Waals surface area contributed by atoms with E-state index < -0.39 is 18.2 Å². The first-order chi connectivity index (χ1) is 6.52. The van der Waals surface area contributed by atoms with Crippen molar-refractivity contribution in [2.45, 2.75) is 45.8 Å². The number of aliphatic hydroxyl groups is 2. The van der Waals surface area contributed by atoms with Gasteiger partial charge in [0.25, 0.3) is 0 Å². The monoisotopic (exact) mass is 204 g/mol. The van der Waals surface area contributed by atoms with Crippen molar-refractivity contribution >= 4 is 5.97 Å². The lowest BCUT2D eigenvalue weighted by Crippen LogP contribution is -2.36. The van der Waals surface area contributed by atoms with Crippen LogP contribution < -0.4 is 0 Å². The Labute approximate surface area is 84.9 Å². The molecule has 14 heavy (non-hydrogen) atoms.